The van der Waals surface area contributed by atoms with Crippen LogP contribution >= 0.6 is 0 Å². The summed E-state index contributed by atoms with van der Waals surface area (Å²) in [6.45, 7) is 5.60. The molecule has 0 amide bonds. The Bertz CT molecular complexity index is 486. The molecule has 110 valence electrons. The van der Waals surface area contributed by atoms with Crippen LogP contribution in [-0.4, -0.2) is 29.5 Å². The van der Waals surface area contributed by atoms with Crippen molar-refractivity contribution in [3.05, 3.63) is 33.9 Å². The number of nitrogens with zero attached hydrogens (tertiary/aromatic N) is 2. The second-order valence-corrected chi connectivity index (χ2v) is 5.63. The van der Waals surface area contributed by atoms with Gasteiger partial charge in [0.25, 0.3) is 5.69 Å². The van der Waals surface area contributed by atoms with E-state index in [4.69, 9.17) is 0 Å². The van der Waals surface area contributed by atoms with E-state index in [1.54, 1.807) is 6.07 Å². The van der Waals surface area contributed by atoms with E-state index in [0.29, 0.717) is 18.3 Å². The number of hydrogen-bond donors (Lipinski definition) is 1. The average Bonchev–Trinajstić information content (AvgIpc) is 3.24. The molecule has 1 fully saturated rings. The Kier molecular flexibility index (Phi) is 4.60. The Hall–Kier alpha value is -1.62. The molecule has 20 heavy (non-hydrogen) atoms. The fourth-order valence-corrected chi connectivity index (χ4v) is 2.54. The van der Waals surface area contributed by atoms with Gasteiger partial charge in [0.15, 0.2) is 0 Å². The molecule has 0 saturated heterocycles. The largest absolute Gasteiger partial charge is 0.380 e. The maximum Gasteiger partial charge on any atom is 0.292 e. The van der Waals surface area contributed by atoms with E-state index in [9.17, 15) is 10.1 Å². The fourth-order valence-electron chi connectivity index (χ4n) is 2.54. The maximum absolute atomic E-state index is 11.1. The summed E-state index contributed by atoms with van der Waals surface area (Å²) in [6.07, 6.45) is 2.62. The summed E-state index contributed by atoms with van der Waals surface area (Å²) in [5, 5.41) is 14.2. The standard InChI is InChI=1S/C15H23N3O2/c1-4-16-14-8-5-12(9-15(14)18(19)20)10-17(3)11(2)13-6-7-13/h5,8-9,11,13,16H,4,6-7,10H2,1-3H3. The summed E-state index contributed by atoms with van der Waals surface area (Å²) in [4.78, 5) is 13.1. The number of rotatable bonds is 7. The third-order valence-electron chi connectivity index (χ3n) is 4.06. The molecule has 1 aliphatic carbocycles. The smallest absolute Gasteiger partial charge is 0.292 e. The summed E-state index contributed by atoms with van der Waals surface area (Å²) in [5.41, 5.74) is 1.75. The summed E-state index contributed by atoms with van der Waals surface area (Å²) in [5.74, 6) is 0.802. The van der Waals surface area contributed by atoms with Crippen LogP contribution in [0.15, 0.2) is 18.2 Å². The normalized spacial score (nSPS) is 16.2. The molecule has 1 unspecified atom stereocenters. The summed E-state index contributed by atoms with van der Waals surface area (Å²) in [6, 6.07) is 6.02. The molecule has 0 aliphatic heterocycles. The van der Waals surface area contributed by atoms with Crippen LogP contribution in [0.3, 0.4) is 0 Å². The second kappa shape index (κ2) is 6.22. The SMILES string of the molecule is CCNc1ccc(CN(C)C(C)C2CC2)cc1[N+](=O)[O-]. The number of nitro groups is 1. The fraction of sp³-hybridized carbons (Fsp3) is 0.600. The number of hydrogen-bond acceptors (Lipinski definition) is 4. The molecule has 1 atom stereocenters. The molecule has 2 rings (SSSR count). The average molecular weight is 277 g/mol. The number of anilines is 1. The highest BCUT2D eigenvalue weighted by Crippen LogP contribution is 2.35. The zero-order chi connectivity index (χ0) is 14.7. The molecule has 0 radical (unpaired) electrons. The van der Waals surface area contributed by atoms with Gasteiger partial charge in [-0.15, -0.1) is 0 Å². The topological polar surface area (TPSA) is 58.4 Å². The molecular formula is C15H23N3O2. The van der Waals surface area contributed by atoms with Gasteiger partial charge in [-0.05, 0) is 51.3 Å². The van der Waals surface area contributed by atoms with Crippen molar-refractivity contribution in [3.8, 4) is 0 Å². The molecule has 0 heterocycles. The molecule has 0 spiro atoms. The summed E-state index contributed by atoms with van der Waals surface area (Å²) >= 11 is 0. The van der Waals surface area contributed by atoms with E-state index in [1.807, 2.05) is 19.1 Å². The van der Waals surface area contributed by atoms with E-state index in [-0.39, 0.29) is 10.6 Å². The van der Waals surface area contributed by atoms with Crippen molar-refractivity contribution in [2.45, 2.75) is 39.3 Å². The van der Waals surface area contributed by atoms with Crippen LogP contribution < -0.4 is 5.32 Å². The molecule has 5 heteroatoms. The molecule has 0 aromatic heterocycles. The van der Waals surface area contributed by atoms with E-state index in [0.717, 1.165) is 18.0 Å². The molecule has 1 aromatic carbocycles. The van der Waals surface area contributed by atoms with Crippen molar-refractivity contribution in [2.75, 3.05) is 18.9 Å². The lowest BCUT2D eigenvalue weighted by molar-refractivity contribution is -0.384. The summed E-state index contributed by atoms with van der Waals surface area (Å²) in [7, 11) is 2.09. The first-order valence-electron chi connectivity index (χ1n) is 7.24. The van der Waals surface area contributed by atoms with Crippen LogP contribution in [0, 0.1) is 16.0 Å². The van der Waals surface area contributed by atoms with Gasteiger partial charge in [0.1, 0.15) is 5.69 Å². The molecule has 0 bridgehead atoms. The van der Waals surface area contributed by atoms with Crippen LogP contribution in [0.25, 0.3) is 0 Å². The zero-order valence-electron chi connectivity index (χ0n) is 12.4. The van der Waals surface area contributed by atoms with Crippen LogP contribution in [0.1, 0.15) is 32.3 Å². The van der Waals surface area contributed by atoms with Crippen molar-refractivity contribution in [1.29, 1.82) is 0 Å². The number of nitrogens with one attached hydrogen (secondary N) is 1. The first-order valence-corrected chi connectivity index (χ1v) is 7.24. The predicted octanol–water partition coefficient (Wildman–Crippen LogP) is 3.26. The van der Waals surface area contributed by atoms with Gasteiger partial charge < -0.3 is 5.32 Å². The lowest BCUT2D eigenvalue weighted by atomic mass is 10.1. The molecular weight excluding hydrogens is 254 g/mol. The van der Waals surface area contributed by atoms with Gasteiger partial charge in [-0.2, -0.15) is 0 Å². The van der Waals surface area contributed by atoms with E-state index < -0.39 is 0 Å². The summed E-state index contributed by atoms with van der Waals surface area (Å²) < 4.78 is 0. The highest BCUT2D eigenvalue weighted by atomic mass is 16.6. The second-order valence-electron chi connectivity index (χ2n) is 5.63. The van der Waals surface area contributed by atoms with Crippen LogP contribution in [0.5, 0.6) is 0 Å². The van der Waals surface area contributed by atoms with Crippen molar-refractivity contribution < 1.29 is 4.92 Å². The van der Waals surface area contributed by atoms with Gasteiger partial charge in [0.2, 0.25) is 0 Å². The monoisotopic (exact) mass is 277 g/mol. The molecule has 1 N–H and O–H groups in total. The van der Waals surface area contributed by atoms with Crippen LogP contribution in [0.4, 0.5) is 11.4 Å². The minimum absolute atomic E-state index is 0.164. The van der Waals surface area contributed by atoms with E-state index in [2.05, 4.69) is 24.2 Å². The Morgan fingerprint density at radius 3 is 2.75 bits per heavy atom. The lowest BCUT2D eigenvalue weighted by Crippen LogP contribution is -2.30. The number of nitro benzene ring substituents is 1. The van der Waals surface area contributed by atoms with E-state index in [1.165, 1.54) is 12.8 Å². The Morgan fingerprint density at radius 2 is 2.20 bits per heavy atom. The van der Waals surface area contributed by atoms with Crippen LogP contribution in [-0.2, 0) is 6.54 Å². The maximum atomic E-state index is 11.1. The van der Waals surface area contributed by atoms with E-state index >= 15 is 0 Å². The van der Waals surface area contributed by atoms with Crippen molar-refractivity contribution >= 4 is 11.4 Å². The van der Waals surface area contributed by atoms with Gasteiger partial charge in [-0.1, -0.05) is 6.07 Å². The number of benzene rings is 1. The van der Waals surface area contributed by atoms with Crippen LogP contribution in [0.2, 0.25) is 0 Å². The minimum atomic E-state index is -0.314. The van der Waals surface area contributed by atoms with Crippen molar-refractivity contribution in [2.24, 2.45) is 5.92 Å². The van der Waals surface area contributed by atoms with Gasteiger partial charge in [-0.25, -0.2) is 0 Å². The van der Waals surface area contributed by atoms with Gasteiger partial charge >= 0.3 is 0 Å². The van der Waals surface area contributed by atoms with Gasteiger partial charge in [-0.3, -0.25) is 15.0 Å². The van der Waals surface area contributed by atoms with Gasteiger partial charge in [0.05, 0.1) is 4.92 Å². The molecule has 1 aromatic rings. The molecule has 1 saturated carbocycles. The minimum Gasteiger partial charge on any atom is -0.380 e. The molecule has 5 nitrogen and oxygen atoms in total. The third-order valence-corrected chi connectivity index (χ3v) is 4.06. The predicted molar refractivity (Wildman–Crippen MR) is 80.9 cm³/mol. The first-order chi connectivity index (χ1) is 9.52. The van der Waals surface area contributed by atoms with Crippen molar-refractivity contribution in [1.82, 2.24) is 4.90 Å². The lowest BCUT2D eigenvalue weighted by Gasteiger charge is -2.24. The first kappa shape index (κ1) is 14.8. The quantitative estimate of drug-likeness (QED) is 0.614. The van der Waals surface area contributed by atoms with Gasteiger partial charge in [0, 0.05) is 25.2 Å². The highest BCUT2D eigenvalue weighted by molar-refractivity contribution is 5.62. The zero-order valence-corrected chi connectivity index (χ0v) is 12.4. The third kappa shape index (κ3) is 3.48. The highest BCUT2D eigenvalue weighted by Gasteiger charge is 2.30. The van der Waals surface area contributed by atoms with Crippen molar-refractivity contribution in [3.63, 3.8) is 0 Å². The Balaban J connectivity index is 2.11. The molecule has 1 aliphatic rings. The Labute approximate surface area is 120 Å². The Morgan fingerprint density at radius 1 is 1.50 bits per heavy atom.